The summed E-state index contributed by atoms with van der Waals surface area (Å²) in [7, 11) is 0. The second-order valence-corrected chi connectivity index (χ2v) is 11.5. The maximum Gasteiger partial charge on any atom is 0.223 e. The summed E-state index contributed by atoms with van der Waals surface area (Å²) in [6.07, 6.45) is 7.36. The predicted molar refractivity (Wildman–Crippen MR) is 148 cm³/mol. The van der Waals surface area contributed by atoms with Crippen LogP contribution < -0.4 is 5.32 Å². The van der Waals surface area contributed by atoms with Crippen molar-refractivity contribution in [2.75, 3.05) is 32.7 Å². The van der Waals surface area contributed by atoms with Crippen molar-refractivity contribution in [1.82, 2.24) is 20.0 Å². The summed E-state index contributed by atoms with van der Waals surface area (Å²) in [6, 6.07) is 18.6. The van der Waals surface area contributed by atoms with Gasteiger partial charge in [0.05, 0.1) is 11.4 Å². The summed E-state index contributed by atoms with van der Waals surface area (Å²) in [6.45, 7) is 10.5. The molecule has 1 saturated heterocycles. The number of nitrogens with zero attached hydrogens (tertiary/aromatic N) is 3. The van der Waals surface area contributed by atoms with E-state index in [0.717, 1.165) is 49.0 Å². The summed E-state index contributed by atoms with van der Waals surface area (Å²) >= 11 is 6.19. The van der Waals surface area contributed by atoms with E-state index in [1.54, 1.807) is 0 Å². The Hall–Kier alpha value is -3.02. The van der Waals surface area contributed by atoms with Crippen LogP contribution >= 0.6 is 11.6 Å². The van der Waals surface area contributed by atoms with Gasteiger partial charge >= 0.3 is 0 Å². The lowest BCUT2D eigenvalue weighted by Gasteiger charge is -2.37. The average Bonchev–Trinajstić information content (AvgIpc) is 3.22. The lowest BCUT2D eigenvalue weighted by atomic mass is 9.91. The number of carbonyl (C=O) groups excluding carboxylic acids is 1. The first-order valence-electron chi connectivity index (χ1n) is 12.8. The van der Waals surface area contributed by atoms with Crippen LogP contribution in [0.2, 0.25) is 5.02 Å². The molecule has 5 nitrogen and oxygen atoms in total. The Balaban J connectivity index is 1.38. The third-order valence-corrected chi connectivity index (χ3v) is 7.20. The van der Waals surface area contributed by atoms with Crippen LogP contribution in [0.1, 0.15) is 38.3 Å². The number of nitrogens with one attached hydrogen (secondary N) is 1. The number of fused-ring (bicyclic) bond motifs is 1. The molecule has 0 spiro atoms. The highest BCUT2D eigenvalue weighted by Crippen LogP contribution is 2.34. The third kappa shape index (κ3) is 5.53. The summed E-state index contributed by atoms with van der Waals surface area (Å²) in [5.74, 6) is 0.266. The van der Waals surface area contributed by atoms with Gasteiger partial charge in [-0.3, -0.25) is 9.69 Å². The Morgan fingerprint density at radius 1 is 0.972 bits per heavy atom. The van der Waals surface area contributed by atoms with Gasteiger partial charge in [-0.2, -0.15) is 0 Å². The number of piperazine rings is 1. The molecule has 188 valence electrons. The fourth-order valence-corrected chi connectivity index (χ4v) is 5.17. The molecule has 0 radical (unpaired) electrons. The molecule has 2 aromatic carbocycles. The maximum absolute atomic E-state index is 12.7. The number of halogens is 1. The molecule has 1 unspecified atom stereocenters. The number of allylic oxidation sites excluding steroid dienone is 2. The first-order chi connectivity index (χ1) is 17.3. The van der Waals surface area contributed by atoms with Crippen LogP contribution in [-0.4, -0.2) is 59.5 Å². The first-order valence-corrected chi connectivity index (χ1v) is 13.1. The van der Waals surface area contributed by atoms with Crippen molar-refractivity contribution in [3.05, 3.63) is 94.8 Å². The monoisotopic (exact) mass is 502 g/mol. The molecule has 0 aliphatic carbocycles. The first kappa shape index (κ1) is 24.7. The molecule has 0 aromatic heterocycles. The van der Waals surface area contributed by atoms with Crippen LogP contribution in [0.15, 0.2) is 78.6 Å². The van der Waals surface area contributed by atoms with E-state index < -0.39 is 0 Å². The van der Waals surface area contributed by atoms with Crippen LogP contribution in [0.3, 0.4) is 0 Å². The summed E-state index contributed by atoms with van der Waals surface area (Å²) < 4.78 is 0. The van der Waals surface area contributed by atoms with Gasteiger partial charge in [0.15, 0.2) is 0 Å². The van der Waals surface area contributed by atoms with E-state index in [0.29, 0.717) is 6.42 Å². The number of rotatable bonds is 5. The van der Waals surface area contributed by atoms with E-state index in [1.165, 1.54) is 16.8 Å². The Morgan fingerprint density at radius 3 is 2.33 bits per heavy atom. The second-order valence-electron chi connectivity index (χ2n) is 11.0. The summed E-state index contributed by atoms with van der Waals surface area (Å²) in [5, 5.41) is 4.47. The molecule has 3 heterocycles. The minimum Gasteiger partial charge on any atom is -0.360 e. The molecule has 3 aliphatic heterocycles. The van der Waals surface area contributed by atoms with E-state index in [1.807, 2.05) is 23.1 Å². The van der Waals surface area contributed by atoms with E-state index in [-0.39, 0.29) is 17.5 Å². The van der Waals surface area contributed by atoms with Crippen molar-refractivity contribution >= 4 is 28.8 Å². The minimum absolute atomic E-state index is 0.0155. The number of carbonyl (C=O) groups is 1. The molecule has 6 heteroatoms. The molecular formula is C30H35ClN4O. The molecule has 1 fully saturated rings. The second kappa shape index (κ2) is 10.2. The topological polar surface area (TPSA) is 38.8 Å². The van der Waals surface area contributed by atoms with Gasteiger partial charge in [0.2, 0.25) is 5.91 Å². The van der Waals surface area contributed by atoms with Crippen LogP contribution in [-0.2, 0) is 4.79 Å². The van der Waals surface area contributed by atoms with Gasteiger partial charge in [-0.25, -0.2) is 0 Å². The molecule has 1 amide bonds. The fourth-order valence-electron chi connectivity index (χ4n) is 5.05. The number of hydrogen-bond donors (Lipinski definition) is 1. The van der Waals surface area contributed by atoms with Crippen LogP contribution in [0.4, 0.5) is 0 Å². The maximum atomic E-state index is 12.7. The van der Waals surface area contributed by atoms with Crippen LogP contribution in [0.5, 0.6) is 0 Å². The predicted octanol–water partition coefficient (Wildman–Crippen LogP) is 5.43. The van der Waals surface area contributed by atoms with E-state index in [9.17, 15) is 4.79 Å². The van der Waals surface area contributed by atoms with Crippen molar-refractivity contribution in [3.63, 3.8) is 0 Å². The van der Waals surface area contributed by atoms with Crippen molar-refractivity contribution in [3.8, 4) is 0 Å². The normalized spacial score (nSPS) is 20.3. The van der Waals surface area contributed by atoms with Crippen LogP contribution in [0, 0.1) is 5.41 Å². The molecule has 3 aliphatic rings. The molecular weight excluding hydrogens is 468 g/mol. The highest BCUT2D eigenvalue weighted by molar-refractivity contribution is 6.30. The molecule has 1 N–H and O–H groups in total. The van der Waals surface area contributed by atoms with Crippen molar-refractivity contribution in [2.45, 2.75) is 33.4 Å². The van der Waals surface area contributed by atoms with Crippen molar-refractivity contribution in [1.29, 1.82) is 0 Å². The summed E-state index contributed by atoms with van der Waals surface area (Å²) in [4.78, 5) is 19.6. The van der Waals surface area contributed by atoms with Gasteiger partial charge in [-0.05, 0) is 40.3 Å². The van der Waals surface area contributed by atoms with Gasteiger partial charge in [0.1, 0.15) is 6.17 Å². The number of hydrogen-bond acceptors (Lipinski definition) is 4. The van der Waals surface area contributed by atoms with Gasteiger partial charge in [0.25, 0.3) is 0 Å². The number of benzene rings is 2. The number of amides is 1. The Morgan fingerprint density at radius 2 is 1.67 bits per heavy atom. The fraction of sp³-hybridized carbons (Fsp3) is 0.367. The average molecular weight is 503 g/mol. The molecule has 36 heavy (non-hydrogen) atoms. The smallest absolute Gasteiger partial charge is 0.223 e. The third-order valence-electron chi connectivity index (χ3n) is 6.95. The zero-order chi connectivity index (χ0) is 25.3. The summed E-state index contributed by atoms with van der Waals surface area (Å²) in [5.41, 5.74) is 5.93. The van der Waals surface area contributed by atoms with E-state index in [4.69, 9.17) is 11.6 Å². The van der Waals surface area contributed by atoms with E-state index >= 15 is 0 Å². The minimum atomic E-state index is 0.0155. The highest BCUT2D eigenvalue weighted by atomic mass is 35.5. The zero-order valence-corrected chi connectivity index (χ0v) is 22.1. The van der Waals surface area contributed by atoms with Crippen LogP contribution in [0.25, 0.3) is 11.3 Å². The lowest BCUT2D eigenvalue weighted by molar-refractivity contribution is -0.134. The standard InChI is InChI=1S/C30H35ClN4O/c1-30(2,3)19-28(36)34-17-15-33(16-18-34)21-26-29(23-9-12-25(31)13-10-23)32-27-14-11-24(20-35(26)27)22-7-5-4-6-8-22/h4-14,20,27,32H,15-19,21H2,1-3H3. The van der Waals surface area contributed by atoms with Gasteiger partial charge in [-0.15, -0.1) is 0 Å². The molecule has 2 aromatic rings. The molecule has 0 bridgehead atoms. The lowest BCUT2D eigenvalue weighted by Crippen LogP contribution is -2.50. The highest BCUT2D eigenvalue weighted by Gasteiger charge is 2.33. The van der Waals surface area contributed by atoms with E-state index in [2.05, 4.69) is 90.6 Å². The largest absolute Gasteiger partial charge is 0.360 e. The quantitative estimate of drug-likeness (QED) is 0.591. The molecule has 1 atom stereocenters. The van der Waals surface area contributed by atoms with Crippen molar-refractivity contribution < 1.29 is 4.79 Å². The van der Waals surface area contributed by atoms with Gasteiger partial charge in [0, 0.05) is 50.4 Å². The Bertz CT molecular complexity index is 1190. The molecule has 5 rings (SSSR count). The van der Waals surface area contributed by atoms with Gasteiger partial charge in [-0.1, -0.05) is 80.9 Å². The molecule has 0 saturated carbocycles. The van der Waals surface area contributed by atoms with Crippen molar-refractivity contribution in [2.24, 2.45) is 5.41 Å². The SMILES string of the molecule is CC(C)(C)CC(=O)N1CCN(CC2=C(c3ccc(Cl)cc3)NC3C=CC(c4ccccc4)=CN23)CC1. The van der Waals surface area contributed by atoms with Gasteiger partial charge < -0.3 is 15.1 Å². The Kier molecular flexibility index (Phi) is 6.96. The zero-order valence-electron chi connectivity index (χ0n) is 21.4. The Labute approximate surface area is 219 Å².